The van der Waals surface area contributed by atoms with Gasteiger partial charge in [-0.2, -0.15) is 9.78 Å². The van der Waals surface area contributed by atoms with E-state index in [1.807, 2.05) is 86.6 Å². The number of methoxy groups -OCH3 is 1. The molecule has 6 rings (SSSR count). The number of aryl methyl sites for hydroxylation is 1. The van der Waals surface area contributed by atoms with E-state index in [0.29, 0.717) is 40.4 Å². The number of para-hydroxylation sites is 1. The molecule has 0 amide bonds. The molecule has 0 saturated carbocycles. The second-order valence-electron chi connectivity index (χ2n) is 11.8. The molecule has 3 aromatic heterocycles. The van der Waals surface area contributed by atoms with Crippen molar-refractivity contribution >= 4 is 28.1 Å². The summed E-state index contributed by atoms with van der Waals surface area (Å²) in [5, 5.41) is 5.93. The summed E-state index contributed by atoms with van der Waals surface area (Å²) >= 11 is 0. The van der Waals surface area contributed by atoms with Gasteiger partial charge in [0.05, 0.1) is 36.2 Å². The molecule has 43 heavy (non-hydrogen) atoms. The van der Waals surface area contributed by atoms with Gasteiger partial charge in [-0.3, -0.25) is 4.79 Å². The Bertz CT molecular complexity index is 2040. The van der Waals surface area contributed by atoms with Gasteiger partial charge >= 0.3 is 0 Å². The predicted octanol–water partition coefficient (Wildman–Crippen LogP) is 7.53. The Morgan fingerprint density at radius 1 is 0.953 bits per heavy atom. The minimum Gasteiger partial charge on any atom is -0.496 e. The fourth-order valence-electron chi connectivity index (χ4n) is 5.14. The summed E-state index contributed by atoms with van der Waals surface area (Å²) in [4.78, 5) is 18.5. The Morgan fingerprint density at radius 3 is 2.47 bits per heavy atom. The summed E-state index contributed by atoms with van der Waals surface area (Å²) in [7, 11) is 1.61. The first-order valence-electron chi connectivity index (χ1n) is 14.2. The van der Waals surface area contributed by atoms with Gasteiger partial charge in [0.15, 0.2) is 5.76 Å². The van der Waals surface area contributed by atoms with Gasteiger partial charge in [0.1, 0.15) is 17.1 Å². The van der Waals surface area contributed by atoms with Gasteiger partial charge in [0.25, 0.3) is 5.56 Å². The summed E-state index contributed by atoms with van der Waals surface area (Å²) in [6, 6.07) is 24.8. The molecule has 0 fully saturated rings. The number of rotatable bonds is 7. The van der Waals surface area contributed by atoms with Crippen LogP contribution >= 0.6 is 0 Å². The Kier molecular flexibility index (Phi) is 7.13. The van der Waals surface area contributed by atoms with Gasteiger partial charge in [0.2, 0.25) is 5.82 Å². The average Bonchev–Trinajstić information content (AvgIpc) is 3.55. The van der Waals surface area contributed by atoms with E-state index in [1.165, 1.54) is 4.68 Å². The smallest absolute Gasteiger partial charge is 0.282 e. The van der Waals surface area contributed by atoms with E-state index in [0.717, 1.165) is 33.8 Å². The Balaban J connectivity index is 1.40. The van der Waals surface area contributed by atoms with Crippen LogP contribution in [-0.4, -0.2) is 34.2 Å². The molecule has 0 radical (unpaired) electrons. The second-order valence-corrected chi connectivity index (χ2v) is 11.8. The number of hydrogen-bond acceptors (Lipinski definition) is 6. The van der Waals surface area contributed by atoms with Crippen LogP contribution in [0.1, 0.15) is 37.7 Å². The maximum absolute atomic E-state index is 13.7. The van der Waals surface area contributed by atoms with Gasteiger partial charge < -0.3 is 18.5 Å². The molecule has 0 aliphatic carbocycles. The summed E-state index contributed by atoms with van der Waals surface area (Å²) in [5.41, 5.74) is 4.91. The van der Waals surface area contributed by atoms with Gasteiger partial charge in [0, 0.05) is 22.6 Å². The summed E-state index contributed by atoms with van der Waals surface area (Å²) in [5.74, 6) is 2.23. The first kappa shape index (κ1) is 28.0. The largest absolute Gasteiger partial charge is 0.496 e. The molecule has 3 aromatic carbocycles. The molecule has 0 bridgehead atoms. The van der Waals surface area contributed by atoms with E-state index >= 15 is 0 Å². The quantitative estimate of drug-likeness (QED) is 0.184. The Hall–Kier alpha value is -5.11. The van der Waals surface area contributed by atoms with Crippen molar-refractivity contribution in [3.05, 3.63) is 106 Å². The van der Waals surface area contributed by atoms with Crippen LogP contribution in [0.3, 0.4) is 0 Å². The molecular weight excluding hydrogens is 540 g/mol. The molecule has 0 atom stereocenters. The number of furan rings is 1. The zero-order valence-electron chi connectivity index (χ0n) is 25.2. The second kappa shape index (κ2) is 10.9. The van der Waals surface area contributed by atoms with Crippen LogP contribution in [0.5, 0.6) is 11.5 Å². The number of ether oxygens (including phenoxy) is 2. The lowest BCUT2D eigenvalue weighted by Gasteiger charge is -2.19. The predicted molar refractivity (Wildman–Crippen MR) is 171 cm³/mol. The average molecular weight is 575 g/mol. The van der Waals surface area contributed by atoms with Crippen molar-refractivity contribution < 1.29 is 13.9 Å². The first-order chi connectivity index (χ1) is 20.6. The van der Waals surface area contributed by atoms with Gasteiger partial charge in [-0.25, -0.2) is 4.98 Å². The molecule has 0 aliphatic heterocycles. The van der Waals surface area contributed by atoms with Gasteiger partial charge in [-0.15, -0.1) is 0 Å². The van der Waals surface area contributed by atoms with E-state index in [4.69, 9.17) is 18.9 Å². The van der Waals surface area contributed by atoms with Crippen LogP contribution in [0.4, 0.5) is 0 Å². The first-order valence-corrected chi connectivity index (χ1v) is 14.2. The molecule has 8 heteroatoms. The lowest BCUT2D eigenvalue weighted by atomic mass is 9.99. The molecule has 8 nitrogen and oxygen atoms in total. The molecule has 0 saturated heterocycles. The highest BCUT2D eigenvalue weighted by atomic mass is 16.5. The zero-order valence-corrected chi connectivity index (χ0v) is 25.2. The van der Waals surface area contributed by atoms with Crippen molar-refractivity contribution in [2.24, 2.45) is 10.5 Å². The highest BCUT2D eigenvalue weighted by Gasteiger charge is 2.18. The monoisotopic (exact) mass is 574 g/mol. The van der Waals surface area contributed by atoms with Crippen molar-refractivity contribution in [1.29, 1.82) is 0 Å². The molecule has 0 unspecified atom stereocenters. The lowest BCUT2D eigenvalue weighted by molar-refractivity contribution is 0.198. The fourth-order valence-corrected chi connectivity index (χ4v) is 5.14. The van der Waals surface area contributed by atoms with E-state index in [1.54, 1.807) is 19.4 Å². The molecule has 3 heterocycles. The van der Waals surface area contributed by atoms with E-state index < -0.39 is 0 Å². The van der Waals surface area contributed by atoms with E-state index in [2.05, 4.69) is 30.4 Å². The third-order valence-electron chi connectivity index (χ3n) is 7.26. The normalized spacial score (nSPS) is 12.0. The minimum absolute atomic E-state index is 0.0835. The van der Waals surface area contributed by atoms with Crippen molar-refractivity contribution in [2.45, 2.75) is 34.6 Å². The zero-order chi connectivity index (χ0) is 30.3. The van der Waals surface area contributed by atoms with E-state index in [9.17, 15) is 4.79 Å². The SMILES string of the molecule is COc1cccc2oc(-c3nc4ccccc4c(=O)n3N=Cc3cc(C)n(-c4ccc(OCC(C)(C)C)cc4)c3C)cc12. The Labute approximate surface area is 249 Å². The van der Waals surface area contributed by atoms with Gasteiger partial charge in [-0.1, -0.05) is 39.0 Å². The highest BCUT2D eigenvalue weighted by molar-refractivity contribution is 5.89. The van der Waals surface area contributed by atoms with Crippen LogP contribution < -0.4 is 15.0 Å². The van der Waals surface area contributed by atoms with Crippen molar-refractivity contribution in [1.82, 2.24) is 14.2 Å². The molecular formula is C35H34N4O4. The summed E-state index contributed by atoms with van der Waals surface area (Å²) in [6.45, 7) is 11.2. The van der Waals surface area contributed by atoms with Crippen LogP contribution in [0, 0.1) is 19.3 Å². The summed E-state index contributed by atoms with van der Waals surface area (Å²) in [6.07, 6.45) is 1.70. The van der Waals surface area contributed by atoms with Crippen LogP contribution in [0.2, 0.25) is 0 Å². The number of fused-ring (bicyclic) bond motifs is 2. The molecule has 218 valence electrons. The fraction of sp³-hybridized carbons (Fsp3) is 0.229. The van der Waals surface area contributed by atoms with Crippen LogP contribution in [0.25, 0.3) is 39.1 Å². The number of aromatic nitrogens is 3. The Morgan fingerprint density at radius 2 is 1.72 bits per heavy atom. The molecule has 6 aromatic rings. The minimum atomic E-state index is -0.288. The summed E-state index contributed by atoms with van der Waals surface area (Å²) < 4.78 is 21.1. The molecule has 0 N–H and O–H groups in total. The van der Waals surface area contributed by atoms with Gasteiger partial charge in [-0.05, 0) is 79.9 Å². The van der Waals surface area contributed by atoms with Crippen molar-refractivity contribution in [3.63, 3.8) is 0 Å². The number of benzene rings is 3. The highest BCUT2D eigenvalue weighted by Crippen LogP contribution is 2.33. The maximum atomic E-state index is 13.7. The maximum Gasteiger partial charge on any atom is 0.282 e. The topological polar surface area (TPSA) is 83.8 Å². The van der Waals surface area contributed by atoms with Crippen molar-refractivity contribution in [2.75, 3.05) is 13.7 Å². The number of nitrogens with zero attached hydrogens (tertiary/aromatic N) is 4. The lowest BCUT2D eigenvalue weighted by Crippen LogP contribution is -2.20. The third-order valence-corrected chi connectivity index (χ3v) is 7.26. The van der Waals surface area contributed by atoms with Crippen LogP contribution in [-0.2, 0) is 0 Å². The van der Waals surface area contributed by atoms with Crippen LogP contribution in [0.15, 0.2) is 93.2 Å². The van der Waals surface area contributed by atoms with Crippen molar-refractivity contribution in [3.8, 4) is 28.8 Å². The molecule has 0 aliphatic rings. The molecule has 0 spiro atoms. The third kappa shape index (κ3) is 5.44. The van der Waals surface area contributed by atoms with E-state index in [-0.39, 0.29) is 11.0 Å². The number of hydrogen-bond donors (Lipinski definition) is 0. The standard InChI is InChI=1S/C35H34N4O4/c1-22-18-24(23(2)38(22)25-14-16-26(17-15-25)42-21-35(3,4)5)20-36-39-33(37-29-11-8-7-10-27(29)34(39)40)32-19-28-30(41-6)12-9-13-31(28)43-32/h7-20H,21H2,1-6H3.